The molecule has 0 aromatic rings. The maximum Gasteiger partial charge on any atom is 0.192 e. The number of aliphatic hydroxyl groups is 1. The summed E-state index contributed by atoms with van der Waals surface area (Å²) in [6.45, 7) is 11.2. The minimum Gasteiger partial charge on any atom is -0.410 e. The normalized spacial score (nSPS) is 36.8. The highest BCUT2D eigenvalue weighted by Gasteiger charge is 2.53. The molecule has 0 saturated carbocycles. The zero-order valence-electron chi connectivity index (χ0n) is 11.5. The lowest BCUT2D eigenvalue weighted by atomic mass is 9.93. The lowest BCUT2D eigenvalue weighted by molar-refractivity contribution is -0.0526. The van der Waals surface area contributed by atoms with E-state index in [4.69, 9.17) is 9.16 Å². The standard InChI is InChI=1S/C13H24O3Si/c1-12(2,3)17(4,5)16-11-8-10-6-7-13(11,9-14)15-10/h6-7,10-11,14H,8-9H2,1-5H3. The molecule has 0 spiro atoms. The van der Waals surface area contributed by atoms with Gasteiger partial charge in [0.25, 0.3) is 0 Å². The van der Waals surface area contributed by atoms with Crippen LogP contribution < -0.4 is 0 Å². The minimum atomic E-state index is -1.80. The molecule has 2 bridgehead atoms. The van der Waals surface area contributed by atoms with Gasteiger partial charge in [0.15, 0.2) is 8.32 Å². The smallest absolute Gasteiger partial charge is 0.192 e. The van der Waals surface area contributed by atoms with E-state index in [0.29, 0.717) is 0 Å². The lowest BCUT2D eigenvalue weighted by Crippen LogP contribution is -2.51. The van der Waals surface area contributed by atoms with Crippen molar-refractivity contribution < 1.29 is 14.3 Å². The van der Waals surface area contributed by atoms with Gasteiger partial charge in [-0.3, -0.25) is 0 Å². The molecule has 0 amide bonds. The first-order chi connectivity index (χ1) is 7.70. The van der Waals surface area contributed by atoms with Crippen molar-refractivity contribution in [2.24, 2.45) is 0 Å². The number of rotatable bonds is 3. The van der Waals surface area contributed by atoms with Crippen molar-refractivity contribution in [2.75, 3.05) is 6.61 Å². The molecule has 3 nitrogen and oxygen atoms in total. The summed E-state index contributed by atoms with van der Waals surface area (Å²) < 4.78 is 12.2. The third-order valence-corrected chi connectivity index (χ3v) is 8.93. The maximum absolute atomic E-state index is 9.57. The van der Waals surface area contributed by atoms with Crippen LogP contribution in [-0.2, 0) is 9.16 Å². The molecule has 1 fully saturated rings. The molecule has 2 aliphatic rings. The summed E-state index contributed by atoms with van der Waals surface area (Å²) in [4.78, 5) is 0. The van der Waals surface area contributed by atoms with Gasteiger partial charge in [0.05, 0.1) is 18.8 Å². The zero-order valence-corrected chi connectivity index (χ0v) is 12.5. The zero-order chi connectivity index (χ0) is 12.9. The van der Waals surface area contributed by atoms with E-state index in [1.54, 1.807) is 0 Å². The molecule has 0 aliphatic carbocycles. The monoisotopic (exact) mass is 256 g/mol. The van der Waals surface area contributed by atoms with Crippen molar-refractivity contribution in [3.8, 4) is 0 Å². The van der Waals surface area contributed by atoms with E-state index in [1.165, 1.54) is 0 Å². The van der Waals surface area contributed by atoms with Gasteiger partial charge >= 0.3 is 0 Å². The molecule has 4 heteroatoms. The van der Waals surface area contributed by atoms with Crippen molar-refractivity contribution in [2.45, 2.75) is 63.1 Å². The van der Waals surface area contributed by atoms with Crippen molar-refractivity contribution >= 4 is 8.32 Å². The molecule has 0 aromatic heterocycles. The summed E-state index contributed by atoms with van der Waals surface area (Å²) in [6, 6.07) is 0. The van der Waals surface area contributed by atoms with Gasteiger partial charge in [-0.25, -0.2) is 0 Å². The highest BCUT2D eigenvalue weighted by atomic mass is 28.4. The Balaban J connectivity index is 2.13. The predicted octanol–water partition coefficient (Wildman–Crippen LogP) is 2.47. The van der Waals surface area contributed by atoms with Gasteiger partial charge in [0.2, 0.25) is 0 Å². The van der Waals surface area contributed by atoms with Crippen molar-refractivity contribution in [1.29, 1.82) is 0 Å². The first-order valence-electron chi connectivity index (χ1n) is 6.36. The minimum absolute atomic E-state index is 0.0132. The van der Waals surface area contributed by atoms with Crippen LogP contribution in [0.25, 0.3) is 0 Å². The van der Waals surface area contributed by atoms with Crippen LogP contribution in [0.1, 0.15) is 27.2 Å². The van der Waals surface area contributed by atoms with Gasteiger partial charge in [-0.2, -0.15) is 0 Å². The summed E-state index contributed by atoms with van der Waals surface area (Å²) in [5.74, 6) is 0. The summed E-state index contributed by atoms with van der Waals surface area (Å²) in [5, 5.41) is 9.76. The number of hydrogen-bond acceptors (Lipinski definition) is 3. The van der Waals surface area contributed by atoms with Gasteiger partial charge in [0, 0.05) is 6.42 Å². The number of ether oxygens (including phenoxy) is 1. The Bertz CT molecular complexity index is 332. The van der Waals surface area contributed by atoms with E-state index in [2.05, 4.69) is 33.9 Å². The summed E-state index contributed by atoms with van der Waals surface area (Å²) in [7, 11) is -1.80. The molecule has 2 heterocycles. The summed E-state index contributed by atoms with van der Waals surface area (Å²) in [6.07, 6.45) is 5.06. The van der Waals surface area contributed by atoms with E-state index >= 15 is 0 Å². The summed E-state index contributed by atoms with van der Waals surface area (Å²) >= 11 is 0. The molecule has 3 unspecified atom stereocenters. The molecule has 2 aliphatic heterocycles. The lowest BCUT2D eigenvalue weighted by Gasteiger charge is -2.41. The Hall–Kier alpha value is -0.163. The van der Waals surface area contributed by atoms with E-state index in [-0.39, 0.29) is 23.9 Å². The topological polar surface area (TPSA) is 38.7 Å². The molecule has 2 rings (SSSR count). The Labute approximate surface area is 105 Å². The number of fused-ring (bicyclic) bond motifs is 2. The van der Waals surface area contributed by atoms with Gasteiger partial charge in [-0.1, -0.05) is 26.8 Å². The molecule has 0 aromatic carbocycles. The molecular weight excluding hydrogens is 232 g/mol. The Morgan fingerprint density at radius 2 is 2.12 bits per heavy atom. The second-order valence-electron chi connectivity index (χ2n) is 6.73. The largest absolute Gasteiger partial charge is 0.410 e. The molecule has 98 valence electrons. The van der Waals surface area contributed by atoms with Crippen LogP contribution in [0.3, 0.4) is 0 Å². The third kappa shape index (κ3) is 2.12. The van der Waals surface area contributed by atoms with E-state index in [1.807, 2.05) is 12.2 Å². The second-order valence-corrected chi connectivity index (χ2v) is 11.5. The van der Waals surface area contributed by atoms with Gasteiger partial charge in [0.1, 0.15) is 5.60 Å². The van der Waals surface area contributed by atoms with Crippen LogP contribution in [-0.4, -0.2) is 37.8 Å². The fraction of sp³-hybridized carbons (Fsp3) is 0.846. The fourth-order valence-corrected chi connectivity index (χ4v) is 3.58. The van der Waals surface area contributed by atoms with Crippen LogP contribution in [0.4, 0.5) is 0 Å². The van der Waals surface area contributed by atoms with Crippen LogP contribution in [0.5, 0.6) is 0 Å². The van der Waals surface area contributed by atoms with E-state index in [9.17, 15) is 5.11 Å². The van der Waals surface area contributed by atoms with Crippen LogP contribution >= 0.6 is 0 Å². The maximum atomic E-state index is 9.57. The fourth-order valence-electron chi connectivity index (χ4n) is 2.22. The van der Waals surface area contributed by atoms with Gasteiger partial charge in [-0.15, -0.1) is 0 Å². The Kier molecular flexibility index (Phi) is 3.06. The number of aliphatic hydroxyl groups excluding tert-OH is 1. The SMILES string of the molecule is CC(C)(C)[Si](C)(C)OC1CC2C=CC1(CO)O2. The van der Waals surface area contributed by atoms with Gasteiger partial charge < -0.3 is 14.3 Å². The average Bonchev–Trinajstić information content (AvgIpc) is 2.73. The third-order valence-electron chi connectivity index (χ3n) is 4.45. The molecular formula is C13H24O3Si. The van der Waals surface area contributed by atoms with Crippen molar-refractivity contribution in [1.82, 2.24) is 0 Å². The average molecular weight is 256 g/mol. The van der Waals surface area contributed by atoms with Crippen molar-refractivity contribution in [3.63, 3.8) is 0 Å². The van der Waals surface area contributed by atoms with Crippen LogP contribution in [0.2, 0.25) is 18.1 Å². The first kappa shape index (κ1) is 13.3. The van der Waals surface area contributed by atoms with Gasteiger partial charge in [-0.05, 0) is 24.2 Å². The van der Waals surface area contributed by atoms with Crippen LogP contribution in [0, 0.1) is 0 Å². The van der Waals surface area contributed by atoms with E-state index < -0.39 is 13.9 Å². The molecule has 1 N–H and O–H groups in total. The molecule has 17 heavy (non-hydrogen) atoms. The Morgan fingerprint density at radius 3 is 2.59 bits per heavy atom. The van der Waals surface area contributed by atoms with Crippen LogP contribution in [0.15, 0.2) is 12.2 Å². The number of hydrogen-bond donors (Lipinski definition) is 1. The van der Waals surface area contributed by atoms with Crippen molar-refractivity contribution in [3.05, 3.63) is 12.2 Å². The predicted molar refractivity (Wildman–Crippen MR) is 70.5 cm³/mol. The first-order valence-corrected chi connectivity index (χ1v) is 9.27. The molecule has 3 atom stereocenters. The highest BCUT2D eigenvalue weighted by molar-refractivity contribution is 6.74. The van der Waals surface area contributed by atoms with E-state index in [0.717, 1.165) is 6.42 Å². The Morgan fingerprint density at radius 1 is 1.47 bits per heavy atom. The molecule has 0 radical (unpaired) electrons. The highest BCUT2D eigenvalue weighted by Crippen LogP contribution is 2.45. The quantitative estimate of drug-likeness (QED) is 0.623. The molecule has 1 saturated heterocycles. The summed E-state index contributed by atoms with van der Waals surface area (Å²) in [5.41, 5.74) is -0.569. The second kappa shape index (κ2) is 3.92.